The minimum Gasteiger partial charge on any atom is -0.481 e. The first-order valence-corrected chi connectivity index (χ1v) is 10.8. The van der Waals surface area contributed by atoms with Crippen molar-refractivity contribution in [3.8, 4) is 0 Å². The van der Waals surface area contributed by atoms with Crippen LogP contribution in [0.3, 0.4) is 0 Å². The van der Waals surface area contributed by atoms with Gasteiger partial charge in [0, 0.05) is 16.7 Å². The van der Waals surface area contributed by atoms with E-state index in [-0.39, 0.29) is 6.42 Å². The van der Waals surface area contributed by atoms with E-state index in [9.17, 15) is 14.7 Å². The summed E-state index contributed by atoms with van der Waals surface area (Å²) >= 11 is 0. The molecule has 164 valence electrons. The molecule has 0 aromatic heterocycles. The Bertz CT molecular complexity index is 1090. The lowest BCUT2D eigenvalue weighted by Gasteiger charge is -2.36. The lowest BCUT2D eigenvalue weighted by atomic mass is 9.79. The van der Waals surface area contributed by atoms with Crippen LogP contribution in [0.4, 0.5) is 0 Å². The summed E-state index contributed by atoms with van der Waals surface area (Å²) in [6.45, 7) is 0. The number of carboxylic acids is 1. The van der Waals surface area contributed by atoms with Crippen molar-refractivity contribution in [2.45, 2.75) is 17.9 Å². The molecule has 0 fully saturated rings. The van der Waals surface area contributed by atoms with Crippen LogP contribution in [0.1, 0.15) is 34.6 Å². The van der Waals surface area contributed by atoms with E-state index in [0.717, 1.165) is 16.7 Å². The molecule has 4 heteroatoms. The third-order valence-corrected chi connectivity index (χ3v) is 5.66. The lowest BCUT2D eigenvalue weighted by molar-refractivity contribution is -0.158. The van der Waals surface area contributed by atoms with E-state index in [0.29, 0.717) is 5.56 Å². The Labute approximate surface area is 193 Å². The highest BCUT2D eigenvalue weighted by Gasteiger charge is 2.42. The molecule has 4 nitrogen and oxygen atoms in total. The van der Waals surface area contributed by atoms with Gasteiger partial charge in [0.25, 0.3) is 0 Å². The van der Waals surface area contributed by atoms with Crippen LogP contribution in [-0.4, -0.2) is 17.0 Å². The standard InChI is InChI=1S/C29H24O4/c30-27(31)21-26(22-13-5-1-6-14-22)28(32)33-29(23-15-7-2-8-16-23,24-17-9-3-10-18-24)25-19-11-4-12-20-25/h1-20,26H,21H2,(H,30,31). The number of carboxylic acid groups (broad SMARTS) is 1. The van der Waals surface area contributed by atoms with Crippen molar-refractivity contribution in [2.75, 3.05) is 0 Å². The molecule has 4 aromatic carbocycles. The molecular weight excluding hydrogens is 412 g/mol. The molecule has 0 aliphatic carbocycles. The summed E-state index contributed by atoms with van der Waals surface area (Å²) in [5.41, 5.74) is 1.69. The average molecular weight is 437 g/mol. The second kappa shape index (κ2) is 9.96. The molecule has 0 saturated heterocycles. The average Bonchev–Trinajstić information content (AvgIpc) is 2.88. The third-order valence-electron chi connectivity index (χ3n) is 5.66. The highest BCUT2D eigenvalue weighted by molar-refractivity contribution is 5.84. The summed E-state index contributed by atoms with van der Waals surface area (Å²) in [7, 11) is 0. The molecule has 0 spiro atoms. The lowest BCUT2D eigenvalue weighted by Crippen LogP contribution is -2.37. The van der Waals surface area contributed by atoms with E-state index >= 15 is 0 Å². The van der Waals surface area contributed by atoms with E-state index < -0.39 is 23.5 Å². The molecule has 0 aliphatic rings. The molecule has 0 heterocycles. The van der Waals surface area contributed by atoms with E-state index in [1.807, 2.05) is 97.1 Å². The fourth-order valence-electron chi connectivity index (χ4n) is 4.11. The van der Waals surface area contributed by atoms with Gasteiger partial charge in [-0.1, -0.05) is 121 Å². The summed E-state index contributed by atoms with van der Waals surface area (Å²) in [6, 6.07) is 37.5. The van der Waals surface area contributed by atoms with Crippen molar-refractivity contribution >= 4 is 11.9 Å². The van der Waals surface area contributed by atoms with Gasteiger partial charge in [0.2, 0.25) is 0 Å². The van der Waals surface area contributed by atoms with E-state index in [2.05, 4.69) is 0 Å². The van der Waals surface area contributed by atoms with Gasteiger partial charge < -0.3 is 9.84 Å². The van der Waals surface area contributed by atoms with E-state index in [1.54, 1.807) is 24.3 Å². The second-order valence-corrected chi connectivity index (χ2v) is 7.76. The number of esters is 1. The summed E-state index contributed by atoms with van der Waals surface area (Å²) in [6.07, 6.45) is -0.364. The number of ether oxygens (including phenoxy) is 1. The Morgan fingerprint density at radius 2 is 1.00 bits per heavy atom. The van der Waals surface area contributed by atoms with Gasteiger partial charge in [-0.25, -0.2) is 0 Å². The quantitative estimate of drug-likeness (QED) is 0.281. The summed E-state index contributed by atoms with van der Waals surface area (Å²) in [5, 5.41) is 9.54. The first-order chi connectivity index (χ1) is 16.1. The molecule has 1 atom stereocenters. The smallest absolute Gasteiger partial charge is 0.315 e. The predicted molar refractivity (Wildman–Crippen MR) is 127 cm³/mol. The molecule has 1 N–H and O–H groups in total. The zero-order chi connectivity index (χ0) is 23.1. The summed E-state index contributed by atoms with van der Waals surface area (Å²) < 4.78 is 6.41. The Balaban J connectivity index is 1.89. The molecular formula is C29H24O4. The maximum Gasteiger partial charge on any atom is 0.315 e. The third kappa shape index (κ3) is 4.70. The van der Waals surface area contributed by atoms with Crippen molar-refractivity contribution in [2.24, 2.45) is 0 Å². The van der Waals surface area contributed by atoms with Crippen molar-refractivity contribution in [1.29, 1.82) is 0 Å². The van der Waals surface area contributed by atoms with Crippen molar-refractivity contribution in [1.82, 2.24) is 0 Å². The number of benzene rings is 4. The molecule has 33 heavy (non-hydrogen) atoms. The largest absolute Gasteiger partial charge is 0.481 e. The summed E-state index contributed by atoms with van der Waals surface area (Å²) in [4.78, 5) is 25.4. The Morgan fingerprint density at radius 3 is 1.36 bits per heavy atom. The number of carbonyl (C=O) groups excluding carboxylic acids is 1. The van der Waals surface area contributed by atoms with Crippen LogP contribution in [0.25, 0.3) is 0 Å². The van der Waals surface area contributed by atoms with Gasteiger partial charge in [-0.05, 0) is 5.56 Å². The second-order valence-electron chi connectivity index (χ2n) is 7.76. The zero-order valence-electron chi connectivity index (χ0n) is 18.0. The number of aliphatic carboxylic acids is 1. The molecule has 1 unspecified atom stereocenters. The van der Waals surface area contributed by atoms with Gasteiger partial charge in [0.15, 0.2) is 5.60 Å². The van der Waals surface area contributed by atoms with Crippen LogP contribution in [0.15, 0.2) is 121 Å². The van der Waals surface area contributed by atoms with Crippen LogP contribution in [0.5, 0.6) is 0 Å². The van der Waals surface area contributed by atoms with Gasteiger partial charge in [0.1, 0.15) is 0 Å². The molecule has 0 radical (unpaired) electrons. The topological polar surface area (TPSA) is 63.6 Å². The van der Waals surface area contributed by atoms with Crippen molar-refractivity contribution in [3.63, 3.8) is 0 Å². The fraction of sp³-hybridized carbons (Fsp3) is 0.103. The van der Waals surface area contributed by atoms with Crippen LogP contribution in [-0.2, 0) is 19.9 Å². The van der Waals surface area contributed by atoms with Crippen LogP contribution >= 0.6 is 0 Å². The fourth-order valence-corrected chi connectivity index (χ4v) is 4.11. The minimum atomic E-state index is -1.24. The number of rotatable bonds is 8. The molecule has 0 aliphatic heterocycles. The van der Waals surface area contributed by atoms with Gasteiger partial charge in [-0.3, -0.25) is 9.59 Å². The van der Waals surface area contributed by atoms with Gasteiger partial charge in [0.05, 0.1) is 12.3 Å². The first-order valence-electron chi connectivity index (χ1n) is 10.8. The number of hydrogen-bond donors (Lipinski definition) is 1. The van der Waals surface area contributed by atoms with Crippen molar-refractivity contribution < 1.29 is 19.4 Å². The minimum absolute atomic E-state index is 0.364. The molecule has 0 amide bonds. The van der Waals surface area contributed by atoms with Gasteiger partial charge in [-0.15, -0.1) is 0 Å². The Morgan fingerprint density at radius 1 is 0.636 bits per heavy atom. The molecule has 4 aromatic rings. The van der Waals surface area contributed by atoms with E-state index in [4.69, 9.17) is 4.74 Å². The summed E-state index contributed by atoms with van der Waals surface area (Å²) in [5.74, 6) is -2.61. The van der Waals surface area contributed by atoms with Gasteiger partial charge in [-0.2, -0.15) is 0 Å². The van der Waals surface area contributed by atoms with E-state index in [1.165, 1.54) is 0 Å². The maximum absolute atomic E-state index is 13.7. The Hall–Kier alpha value is -4.18. The molecule has 4 rings (SSSR count). The van der Waals surface area contributed by atoms with Crippen LogP contribution < -0.4 is 0 Å². The Kier molecular flexibility index (Phi) is 6.65. The van der Waals surface area contributed by atoms with Crippen molar-refractivity contribution in [3.05, 3.63) is 144 Å². The first kappa shape index (κ1) is 22.0. The highest BCUT2D eigenvalue weighted by atomic mass is 16.6. The molecule has 0 bridgehead atoms. The van der Waals surface area contributed by atoms with Crippen LogP contribution in [0.2, 0.25) is 0 Å². The van der Waals surface area contributed by atoms with Gasteiger partial charge >= 0.3 is 11.9 Å². The predicted octanol–water partition coefficient (Wildman–Crippen LogP) is 5.78. The zero-order valence-corrected chi connectivity index (χ0v) is 18.0. The molecule has 0 saturated carbocycles. The maximum atomic E-state index is 13.7. The number of hydrogen-bond acceptors (Lipinski definition) is 3. The van der Waals surface area contributed by atoms with Crippen LogP contribution in [0, 0.1) is 0 Å². The SMILES string of the molecule is O=C(O)CC(C(=O)OC(c1ccccc1)(c1ccccc1)c1ccccc1)c1ccccc1. The highest BCUT2D eigenvalue weighted by Crippen LogP contribution is 2.42. The number of carbonyl (C=O) groups is 2. The normalized spacial score (nSPS) is 12.0. The monoisotopic (exact) mass is 436 g/mol.